The largest absolute Gasteiger partial charge is 0.455 e. The van der Waals surface area contributed by atoms with Crippen LogP contribution in [-0.4, -0.2) is 19.5 Å². The molecule has 0 fully saturated rings. The summed E-state index contributed by atoms with van der Waals surface area (Å²) in [4.78, 5) is 14.8. The first kappa shape index (κ1) is 31.9. The lowest BCUT2D eigenvalue weighted by atomic mass is 9.94. The SMILES string of the molecule is c1ccc(-c2nc(-c3cc(-c4ccncc4)cc(-c4ccc5c(c4)c4ccccc4n5-c4ccccc4)c3)cc(-c3cccc4c3oc3ccccc34)n2)cc1. The van der Waals surface area contributed by atoms with Gasteiger partial charge < -0.3 is 8.98 Å². The molecule has 0 unspecified atom stereocenters. The zero-order valence-corrected chi connectivity index (χ0v) is 30.2. The number of furan rings is 1. The summed E-state index contributed by atoms with van der Waals surface area (Å²) in [7, 11) is 0. The Morgan fingerprint density at radius 2 is 1.05 bits per heavy atom. The van der Waals surface area contributed by atoms with Gasteiger partial charge in [-0.25, -0.2) is 9.97 Å². The lowest BCUT2D eigenvalue weighted by Crippen LogP contribution is -1.97. The molecule has 262 valence electrons. The molecule has 0 spiro atoms. The first-order chi connectivity index (χ1) is 27.7. The second-order valence-electron chi connectivity index (χ2n) is 14.1. The highest BCUT2D eigenvalue weighted by Gasteiger charge is 2.18. The van der Waals surface area contributed by atoms with Crippen molar-refractivity contribution in [1.29, 1.82) is 0 Å². The van der Waals surface area contributed by atoms with E-state index in [2.05, 4.69) is 155 Å². The van der Waals surface area contributed by atoms with Crippen LogP contribution in [0.4, 0.5) is 0 Å². The quantitative estimate of drug-likeness (QED) is 0.172. The van der Waals surface area contributed by atoms with Crippen molar-refractivity contribution in [2.45, 2.75) is 0 Å². The number of aromatic nitrogens is 4. The van der Waals surface area contributed by atoms with E-state index in [9.17, 15) is 0 Å². The third kappa shape index (κ3) is 5.37. The van der Waals surface area contributed by atoms with Gasteiger partial charge in [-0.2, -0.15) is 0 Å². The summed E-state index contributed by atoms with van der Waals surface area (Å²) in [6.45, 7) is 0. The molecule has 0 aliphatic rings. The maximum Gasteiger partial charge on any atom is 0.160 e. The summed E-state index contributed by atoms with van der Waals surface area (Å²) in [5, 5.41) is 4.56. The zero-order chi connectivity index (χ0) is 37.0. The molecule has 0 saturated heterocycles. The van der Waals surface area contributed by atoms with E-state index in [1.165, 1.54) is 21.8 Å². The molecular formula is C51H32N4O. The van der Waals surface area contributed by atoms with Gasteiger partial charge in [-0.05, 0) is 101 Å². The topological polar surface area (TPSA) is 56.7 Å². The van der Waals surface area contributed by atoms with Crippen molar-refractivity contribution in [2.24, 2.45) is 0 Å². The molecule has 11 aromatic rings. The molecule has 0 saturated carbocycles. The standard InChI is InChI=1S/C51H32N4O/c1-3-12-34(13-4-1)51-53-45(32-46(54-51)43-19-11-18-42-41-17-8-10-21-49(41)56-50(42)43)38-29-36(33-24-26-52-27-25-33)28-37(30-38)35-22-23-48-44(31-35)40-16-7-9-20-47(40)55(48)39-14-5-2-6-15-39/h1-32H. The third-order valence-corrected chi connectivity index (χ3v) is 10.7. The van der Waals surface area contributed by atoms with E-state index in [1.54, 1.807) is 0 Å². The minimum atomic E-state index is 0.650. The van der Waals surface area contributed by atoms with Gasteiger partial charge in [0.05, 0.1) is 22.4 Å². The van der Waals surface area contributed by atoms with Crippen LogP contribution in [0.2, 0.25) is 0 Å². The Labute approximate surface area is 322 Å². The molecule has 4 aromatic heterocycles. The average Bonchev–Trinajstić information content (AvgIpc) is 3.83. The second kappa shape index (κ2) is 13.0. The average molecular weight is 717 g/mol. The molecule has 0 atom stereocenters. The molecular weight excluding hydrogens is 685 g/mol. The lowest BCUT2D eigenvalue weighted by molar-refractivity contribution is 0.670. The van der Waals surface area contributed by atoms with Crippen LogP contribution in [0.5, 0.6) is 0 Å². The zero-order valence-electron chi connectivity index (χ0n) is 30.2. The van der Waals surface area contributed by atoms with E-state index in [1.807, 2.05) is 48.8 Å². The van der Waals surface area contributed by atoms with Crippen LogP contribution in [0.15, 0.2) is 199 Å². The van der Waals surface area contributed by atoms with E-state index in [0.29, 0.717) is 5.82 Å². The Balaban J connectivity index is 1.14. The van der Waals surface area contributed by atoms with Gasteiger partial charge >= 0.3 is 0 Å². The van der Waals surface area contributed by atoms with Crippen molar-refractivity contribution in [3.63, 3.8) is 0 Å². The summed E-state index contributed by atoms with van der Waals surface area (Å²) in [6.07, 6.45) is 3.69. The fourth-order valence-electron chi connectivity index (χ4n) is 8.06. The Morgan fingerprint density at radius 3 is 1.89 bits per heavy atom. The summed E-state index contributed by atoms with van der Waals surface area (Å²) >= 11 is 0. The summed E-state index contributed by atoms with van der Waals surface area (Å²) in [5.41, 5.74) is 14.0. The molecule has 56 heavy (non-hydrogen) atoms. The van der Waals surface area contributed by atoms with Gasteiger partial charge in [0.25, 0.3) is 0 Å². The van der Waals surface area contributed by atoms with E-state index >= 15 is 0 Å². The molecule has 4 heterocycles. The van der Waals surface area contributed by atoms with Crippen LogP contribution in [-0.2, 0) is 0 Å². The molecule has 0 radical (unpaired) electrons. The molecule has 0 aliphatic carbocycles. The minimum absolute atomic E-state index is 0.650. The normalized spacial score (nSPS) is 11.6. The number of para-hydroxylation sites is 4. The van der Waals surface area contributed by atoms with Gasteiger partial charge in [0, 0.05) is 56.3 Å². The van der Waals surface area contributed by atoms with Crippen molar-refractivity contribution in [2.75, 3.05) is 0 Å². The van der Waals surface area contributed by atoms with Crippen molar-refractivity contribution in [3.8, 4) is 61.8 Å². The molecule has 11 rings (SSSR count). The lowest BCUT2D eigenvalue weighted by Gasteiger charge is -2.14. The van der Waals surface area contributed by atoms with Crippen LogP contribution in [0.1, 0.15) is 0 Å². The highest BCUT2D eigenvalue weighted by Crippen LogP contribution is 2.40. The summed E-state index contributed by atoms with van der Waals surface area (Å²) < 4.78 is 8.86. The van der Waals surface area contributed by atoms with E-state index in [0.717, 1.165) is 78.0 Å². The molecule has 5 heteroatoms. The van der Waals surface area contributed by atoms with Crippen molar-refractivity contribution >= 4 is 43.7 Å². The maximum atomic E-state index is 6.51. The van der Waals surface area contributed by atoms with Gasteiger partial charge in [0.15, 0.2) is 5.82 Å². The molecule has 5 nitrogen and oxygen atoms in total. The van der Waals surface area contributed by atoms with Crippen LogP contribution in [0.3, 0.4) is 0 Å². The predicted molar refractivity (Wildman–Crippen MR) is 229 cm³/mol. The third-order valence-electron chi connectivity index (χ3n) is 10.7. The second-order valence-corrected chi connectivity index (χ2v) is 14.1. The van der Waals surface area contributed by atoms with Crippen LogP contribution < -0.4 is 0 Å². The monoisotopic (exact) mass is 716 g/mol. The van der Waals surface area contributed by atoms with E-state index < -0.39 is 0 Å². The molecule has 0 bridgehead atoms. The van der Waals surface area contributed by atoms with Gasteiger partial charge in [-0.3, -0.25) is 4.98 Å². The molecule has 0 N–H and O–H groups in total. The molecule has 7 aromatic carbocycles. The van der Waals surface area contributed by atoms with Crippen LogP contribution in [0, 0.1) is 0 Å². The Morgan fingerprint density at radius 1 is 0.393 bits per heavy atom. The molecule has 0 aliphatic heterocycles. The first-order valence-corrected chi connectivity index (χ1v) is 18.8. The van der Waals surface area contributed by atoms with Gasteiger partial charge in [0.2, 0.25) is 0 Å². The fourth-order valence-corrected chi connectivity index (χ4v) is 8.06. The van der Waals surface area contributed by atoms with Crippen LogP contribution >= 0.6 is 0 Å². The number of rotatable bonds is 6. The highest BCUT2D eigenvalue weighted by molar-refractivity contribution is 6.11. The Hall–Kier alpha value is -7.63. The first-order valence-electron chi connectivity index (χ1n) is 18.8. The predicted octanol–water partition coefficient (Wildman–Crippen LogP) is 13.2. The van der Waals surface area contributed by atoms with E-state index in [-0.39, 0.29) is 0 Å². The van der Waals surface area contributed by atoms with Gasteiger partial charge in [-0.15, -0.1) is 0 Å². The number of hydrogen-bond donors (Lipinski definition) is 0. The van der Waals surface area contributed by atoms with Gasteiger partial charge in [0.1, 0.15) is 11.2 Å². The highest BCUT2D eigenvalue weighted by atomic mass is 16.3. The van der Waals surface area contributed by atoms with Crippen molar-refractivity contribution in [1.82, 2.24) is 19.5 Å². The minimum Gasteiger partial charge on any atom is -0.455 e. The molecule has 0 amide bonds. The number of nitrogens with zero attached hydrogens (tertiary/aromatic N) is 4. The smallest absolute Gasteiger partial charge is 0.160 e. The summed E-state index contributed by atoms with van der Waals surface area (Å²) in [6, 6.07) is 63.7. The van der Waals surface area contributed by atoms with Gasteiger partial charge in [-0.1, -0.05) is 103 Å². The number of benzene rings is 7. The number of fused-ring (bicyclic) bond motifs is 6. The summed E-state index contributed by atoms with van der Waals surface area (Å²) in [5.74, 6) is 0.650. The Bertz CT molecular complexity index is 3240. The van der Waals surface area contributed by atoms with Crippen molar-refractivity contribution in [3.05, 3.63) is 194 Å². The number of pyridine rings is 1. The maximum absolute atomic E-state index is 6.51. The fraction of sp³-hybridized carbons (Fsp3) is 0. The Kier molecular flexibility index (Phi) is 7.42. The van der Waals surface area contributed by atoms with E-state index in [4.69, 9.17) is 14.4 Å². The van der Waals surface area contributed by atoms with Crippen LogP contribution in [0.25, 0.3) is 106 Å². The van der Waals surface area contributed by atoms with Crippen molar-refractivity contribution < 1.29 is 4.42 Å². The number of hydrogen-bond acceptors (Lipinski definition) is 4.